The molecule has 0 saturated heterocycles. The topological polar surface area (TPSA) is 41.9 Å². The van der Waals surface area contributed by atoms with Gasteiger partial charge in [0.25, 0.3) is 0 Å². The third-order valence-corrected chi connectivity index (χ3v) is 5.49. The quantitative estimate of drug-likeness (QED) is 0.578. The van der Waals surface area contributed by atoms with Crippen LogP contribution in [0.4, 0.5) is 5.69 Å². The standard InChI is InChI=1S/C21H21BrN2O2S/c1-4-26-20(25)18-14(2)24(17-8-6-5-7-9-17)21(27-3)23-19(18)15-10-12-16(22)13-11-15/h5-13,19H,4H2,1-3H3. The lowest BCUT2D eigenvalue weighted by atomic mass is 9.96. The second-order valence-corrected chi connectivity index (χ2v) is 7.65. The molecule has 27 heavy (non-hydrogen) atoms. The van der Waals surface area contributed by atoms with Crippen molar-refractivity contribution in [3.05, 3.63) is 75.9 Å². The van der Waals surface area contributed by atoms with Crippen LogP contribution in [0.5, 0.6) is 0 Å². The number of benzene rings is 2. The first kappa shape index (κ1) is 19.7. The van der Waals surface area contributed by atoms with Crippen LogP contribution in [-0.4, -0.2) is 24.0 Å². The Bertz CT molecular complexity index is 879. The molecule has 0 radical (unpaired) electrons. The number of allylic oxidation sites excluding steroid dienone is 1. The van der Waals surface area contributed by atoms with E-state index in [2.05, 4.69) is 15.9 Å². The molecule has 0 fully saturated rings. The first-order valence-corrected chi connectivity index (χ1v) is 10.7. The minimum Gasteiger partial charge on any atom is -0.463 e. The molecule has 140 valence electrons. The van der Waals surface area contributed by atoms with Gasteiger partial charge in [-0.2, -0.15) is 0 Å². The van der Waals surface area contributed by atoms with Gasteiger partial charge < -0.3 is 4.74 Å². The Labute approximate surface area is 172 Å². The van der Waals surface area contributed by atoms with E-state index in [9.17, 15) is 4.79 Å². The Kier molecular flexibility index (Phi) is 6.39. The second-order valence-electron chi connectivity index (χ2n) is 5.96. The Morgan fingerprint density at radius 1 is 1.19 bits per heavy atom. The van der Waals surface area contributed by atoms with Crippen molar-refractivity contribution in [2.75, 3.05) is 17.8 Å². The number of anilines is 1. The molecule has 1 unspecified atom stereocenters. The lowest BCUT2D eigenvalue weighted by molar-refractivity contribution is -0.138. The molecule has 0 aliphatic carbocycles. The molecule has 0 spiro atoms. The molecule has 0 amide bonds. The van der Waals surface area contributed by atoms with Gasteiger partial charge in [0.1, 0.15) is 6.04 Å². The Morgan fingerprint density at radius 3 is 2.44 bits per heavy atom. The smallest absolute Gasteiger partial charge is 0.338 e. The fourth-order valence-electron chi connectivity index (χ4n) is 3.07. The zero-order valence-corrected chi connectivity index (χ0v) is 17.9. The fraction of sp³-hybridized carbons (Fsp3) is 0.238. The lowest BCUT2D eigenvalue weighted by Gasteiger charge is -2.34. The van der Waals surface area contributed by atoms with Gasteiger partial charge in [-0.3, -0.25) is 4.90 Å². The number of para-hydroxylation sites is 1. The van der Waals surface area contributed by atoms with Crippen molar-refractivity contribution < 1.29 is 9.53 Å². The van der Waals surface area contributed by atoms with Gasteiger partial charge in [0.2, 0.25) is 0 Å². The number of aliphatic imine (C=N–C) groups is 1. The van der Waals surface area contributed by atoms with Crippen molar-refractivity contribution in [1.29, 1.82) is 0 Å². The summed E-state index contributed by atoms with van der Waals surface area (Å²) in [5.74, 6) is -0.326. The van der Waals surface area contributed by atoms with Gasteiger partial charge in [-0.05, 0) is 49.9 Å². The van der Waals surface area contributed by atoms with Crippen LogP contribution in [-0.2, 0) is 9.53 Å². The van der Waals surface area contributed by atoms with E-state index < -0.39 is 0 Å². The molecule has 0 bridgehead atoms. The normalized spacial score (nSPS) is 17.0. The molecule has 1 aliphatic rings. The van der Waals surface area contributed by atoms with E-state index >= 15 is 0 Å². The number of nitrogens with zero attached hydrogens (tertiary/aromatic N) is 2. The molecule has 1 aliphatic heterocycles. The van der Waals surface area contributed by atoms with Crippen molar-refractivity contribution >= 4 is 44.5 Å². The monoisotopic (exact) mass is 444 g/mol. The number of hydrogen-bond acceptors (Lipinski definition) is 5. The summed E-state index contributed by atoms with van der Waals surface area (Å²) >= 11 is 5.03. The summed E-state index contributed by atoms with van der Waals surface area (Å²) in [7, 11) is 0. The van der Waals surface area contributed by atoms with E-state index in [1.54, 1.807) is 11.8 Å². The van der Waals surface area contributed by atoms with Crippen LogP contribution in [0.15, 0.2) is 75.3 Å². The zero-order valence-electron chi connectivity index (χ0n) is 15.5. The van der Waals surface area contributed by atoms with Gasteiger partial charge in [-0.1, -0.05) is 58.0 Å². The molecule has 6 heteroatoms. The third kappa shape index (κ3) is 4.12. The first-order chi connectivity index (χ1) is 13.1. The maximum Gasteiger partial charge on any atom is 0.338 e. The molecule has 0 N–H and O–H groups in total. The highest BCUT2D eigenvalue weighted by Gasteiger charge is 2.34. The zero-order chi connectivity index (χ0) is 19.4. The number of rotatable bonds is 4. The maximum absolute atomic E-state index is 12.8. The van der Waals surface area contributed by atoms with Gasteiger partial charge in [-0.15, -0.1) is 0 Å². The molecule has 3 rings (SSSR count). The average Bonchev–Trinajstić information content (AvgIpc) is 2.68. The van der Waals surface area contributed by atoms with Crippen LogP contribution in [0.3, 0.4) is 0 Å². The summed E-state index contributed by atoms with van der Waals surface area (Å²) in [6.07, 6.45) is 2.00. The summed E-state index contributed by atoms with van der Waals surface area (Å²) in [6.45, 7) is 4.10. The highest BCUT2D eigenvalue weighted by atomic mass is 79.9. The number of hydrogen-bond donors (Lipinski definition) is 0. The SMILES string of the molecule is CCOC(=O)C1=C(C)N(c2ccccc2)C(SC)=NC1c1ccc(Br)cc1. The van der Waals surface area contributed by atoms with E-state index in [4.69, 9.17) is 9.73 Å². The van der Waals surface area contributed by atoms with Crippen LogP contribution in [0, 0.1) is 0 Å². The second kappa shape index (κ2) is 8.76. The molecular formula is C21H21BrN2O2S. The Balaban J connectivity index is 2.15. The van der Waals surface area contributed by atoms with Crippen molar-refractivity contribution in [2.24, 2.45) is 4.99 Å². The molecule has 0 aromatic heterocycles. The van der Waals surface area contributed by atoms with Gasteiger partial charge in [0.15, 0.2) is 5.17 Å². The fourth-order valence-corrected chi connectivity index (χ4v) is 3.97. The van der Waals surface area contributed by atoms with E-state index in [1.807, 2.05) is 79.6 Å². The minimum atomic E-state index is -0.389. The Morgan fingerprint density at radius 2 is 1.85 bits per heavy atom. The van der Waals surface area contributed by atoms with Gasteiger partial charge in [-0.25, -0.2) is 9.79 Å². The van der Waals surface area contributed by atoms with E-state index in [1.165, 1.54) is 0 Å². The van der Waals surface area contributed by atoms with Crippen LogP contribution in [0.1, 0.15) is 25.5 Å². The molecule has 1 atom stereocenters. The predicted octanol–water partition coefficient (Wildman–Crippen LogP) is 5.57. The van der Waals surface area contributed by atoms with Gasteiger partial charge in [0, 0.05) is 15.9 Å². The molecule has 4 nitrogen and oxygen atoms in total. The highest BCUT2D eigenvalue weighted by molar-refractivity contribution is 9.10. The number of amidine groups is 1. The third-order valence-electron chi connectivity index (χ3n) is 4.31. The highest BCUT2D eigenvalue weighted by Crippen LogP contribution is 2.38. The molecule has 2 aromatic rings. The number of thioether (sulfide) groups is 1. The number of carbonyl (C=O) groups excluding carboxylic acids is 1. The van der Waals surface area contributed by atoms with Crippen molar-refractivity contribution in [3.8, 4) is 0 Å². The van der Waals surface area contributed by atoms with Crippen LogP contribution >= 0.6 is 27.7 Å². The Hall–Kier alpha value is -2.05. The van der Waals surface area contributed by atoms with Crippen LogP contribution in [0.25, 0.3) is 0 Å². The van der Waals surface area contributed by atoms with E-state index in [0.717, 1.165) is 26.6 Å². The van der Waals surface area contributed by atoms with Crippen LogP contribution in [0.2, 0.25) is 0 Å². The number of halogens is 1. The average molecular weight is 445 g/mol. The summed E-state index contributed by atoms with van der Waals surface area (Å²) in [5, 5.41) is 0.847. The van der Waals surface area contributed by atoms with Crippen molar-refractivity contribution in [3.63, 3.8) is 0 Å². The summed E-state index contributed by atoms with van der Waals surface area (Å²) < 4.78 is 6.36. The minimum absolute atomic E-state index is 0.326. The molecule has 2 aromatic carbocycles. The number of carbonyl (C=O) groups is 1. The molecular weight excluding hydrogens is 424 g/mol. The lowest BCUT2D eigenvalue weighted by Crippen LogP contribution is -2.35. The van der Waals surface area contributed by atoms with Gasteiger partial charge in [0.05, 0.1) is 12.2 Å². The largest absolute Gasteiger partial charge is 0.463 e. The summed E-state index contributed by atoms with van der Waals surface area (Å²) in [5.41, 5.74) is 3.34. The molecule has 1 heterocycles. The van der Waals surface area contributed by atoms with Crippen LogP contribution < -0.4 is 4.90 Å². The maximum atomic E-state index is 12.8. The van der Waals surface area contributed by atoms with E-state index in [-0.39, 0.29) is 12.0 Å². The molecule has 0 saturated carbocycles. The predicted molar refractivity (Wildman–Crippen MR) is 116 cm³/mol. The summed E-state index contributed by atoms with van der Waals surface area (Å²) in [4.78, 5) is 19.8. The van der Waals surface area contributed by atoms with Crippen molar-refractivity contribution in [1.82, 2.24) is 0 Å². The van der Waals surface area contributed by atoms with Crippen molar-refractivity contribution in [2.45, 2.75) is 19.9 Å². The van der Waals surface area contributed by atoms with Gasteiger partial charge >= 0.3 is 5.97 Å². The number of esters is 1. The van der Waals surface area contributed by atoms with E-state index in [0.29, 0.717) is 12.2 Å². The first-order valence-electron chi connectivity index (χ1n) is 8.67. The number of ether oxygens (including phenoxy) is 1. The summed E-state index contributed by atoms with van der Waals surface area (Å²) in [6, 6.07) is 17.5.